The van der Waals surface area contributed by atoms with Crippen molar-refractivity contribution in [1.29, 1.82) is 0 Å². The second-order valence-electron chi connectivity index (χ2n) is 7.45. The maximum atomic E-state index is 13.7. The highest BCUT2D eigenvalue weighted by Crippen LogP contribution is 2.34. The van der Waals surface area contributed by atoms with Crippen LogP contribution in [0.3, 0.4) is 0 Å². The van der Waals surface area contributed by atoms with Crippen LogP contribution in [-0.4, -0.2) is 60.4 Å². The van der Waals surface area contributed by atoms with Gasteiger partial charge in [0, 0.05) is 25.3 Å². The van der Waals surface area contributed by atoms with Crippen molar-refractivity contribution >= 4 is 28.8 Å². The number of thiophene rings is 1. The molecule has 4 rings (SSSR count). The molecule has 1 spiro atoms. The number of hydrogen-bond acceptors (Lipinski definition) is 4. The number of amides is 2. The lowest BCUT2D eigenvalue weighted by Gasteiger charge is -2.46. The number of benzene rings is 1. The molecule has 2 aromatic rings. The molecule has 0 saturated carbocycles. The fourth-order valence-electron chi connectivity index (χ4n) is 4.04. The van der Waals surface area contributed by atoms with Crippen LogP contribution in [0.25, 0.3) is 0 Å². The van der Waals surface area contributed by atoms with Gasteiger partial charge in [-0.05, 0) is 55.6 Å². The SMILES string of the molecule is Cc1ccsc1C(=O)N1CC[C@@]2(C1)CN(c1cccc(F)c1)C(=O)CN2C. The van der Waals surface area contributed by atoms with Gasteiger partial charge in [0.2, 0.25) is 5.91 Å². The molecule has 27 heavy (non-hydrogen) atoms. The monoisotopic (exact) mass is 387 g/mol. The Morgan fingerprint density at radius 1 is 1.26 bits per heavy atom. The predicted molar refractivity (Wildman–Crippen MR) is 104 cm³/mol. The van der Waals surface area contributed by atoms with E-state index in [2.05, 4.69) is 4.90 Å². The minimum absolute atomic E-state index is 0.0485. The Morgan fingerprint density at radius 3 is 2.78 bits per heavy atom. The van der Waals surface area contributed by atoms with Crippen LogP contribution in [0.15, 0.2) is 35.7 Å². The minimum atomic E-state index is -0.357. The second kappa shape index (κ2) is 6.73. The molecule has 2 aliphatic rings. The number of likely N-dealkylation sites (N-methyl/N-ethyl adjacent to an activating group) is 1. The lowest BCUT2D eigenvalue weighted by molar-refractivity contribution is -0.123. The van der Waals surface area contributed by atoms with E-state index < -0.39 is 0 Å². The summed E-state index contributed by atoms with van der Waals surface area (Å²) in [6, 6.07) is 8.10. The summed E-state index contributed by atoms with van der Waals surface area (Å²) in [5.41, 5.74) is 1.27. The van der Waals surface area contributed by atoms with E-state index in [0.29, 0.717) is 25.3 Å². The first-order valence-corrected chi connectivity index (χ1v) is 9.88. The molecule has 0 aliphatic carbocycles. The maximum Gasteiger partial charge on any atom is 0.264 e. The third-order valence-corrected chi connectivity index (χ3v) is 6.74. The van der Waals surface area contributed by atoms with Gasteiger partial charge in [0.15, 0.2) is 0 Å². The van der Waals surface area contributed by atoms with Crippen molar-refractivity contribution in [2.75, 3.05) is 38.1 Å². The van der Waals surface area contributed by atoms with Gasteiger partial charge in [0.25, 0.3) is 5.91 Å². The summed E-state index contributed by atoms with van der Waals surface area (Å²) in [4.78, 5) is 31.9. The van der Waals surface area contributed by atoms with E-state index in [1.54, 1.807) is 17.0 Å². The summed E-state index contributed by atoms with van der Waals surface area (Å²) in [5.74, 6) is -0.348. The van der Waals surface area contributed by atoms with Crippen LogP contribution in [0.4, 0.5) is 10.1 Å². The second-order valence-corrected chi connectivity index (χ2v) is 8.37. The van der Waals surface area contributed by atoms with Crippen LogP contribution in [0, 0.1) is 12.7 Å². The molecule has 2 fully saturated rings. The first-order valence-electron chi connectivity index (χ1n) is 9.00. The number of aryl methyl sites for hydroxylation is 1. The van der Waals surface area contributed by atoms with Crippen LogP contribution < -0.4 is 4.90 Å². The van der Waals surface area contributed by atoms with Crippen LogP contribution >= 0.6 is 11.3 Å². The first kappa shape index (κ1) is 18.1. The zero-order valence-electron chi connectivity index (χ0n) is 15.4. The number of carbonyl (C=O) groups is 2. The van der Waals surface area contributed by atoms with E-state index in [0.717, 1.165) is 16.9 Å². The molecule has 0 unspecified atom stereocenters. The summed E-state index contributed by atoms with van der Waals surface area (Å²) >= 11 is 1.47. The topological polar surface area (TPSA) is 43.9 Å². The molecule has 0 bridgehead atoms. The maximum absolute atomic E-state index is 13.7. The fraction of sp³-hybridized carbons (Fsp3) is 0.400. The molecule has 2 saturated heterocycles. The van der Waals surface area contributed by atoms with E-state index in [1.165, 1.54) is 23.5 Å². The minimum Gasteiger partial charge on any atom is -0.336 e. The van der Waals surface area contributed by atoms with Crippen molar-refractivity contribution in [2.24, 2.45) is 0 Å². The molecule has 3 heterocycles. The molecule has 5 nitrogen and oxygen atoms in total. The Bertz CT molecular complexity index is 899. The Labute approximate surface area is 162 Å². The normalized spacial score (nSPS) is 23.4. The first-order chi connectivity index (χ1) is 12.9. The van der Waals surface area contributed by atoms with Gasteiger partial charge in [0.05, 0.1) is 17.0 Å². The van der Waals surface area contributed by atoms with E-state index in [1.807, 2.05) is 30.3 Å². The number of carbonyl (C=O) groups excluding carboxylic acids is 2. The number of piperazine rings is 1. The molecule has 7 heteroatoms. The highest BCUT2D eigenvalue weighted by molar-refractivity contribution is 7.12. The van der Waals surface area contributed by atoms with E-state index in [4.69, 9.17) is 0 Å². The zero-order chi connectivity index (χ0) is 19.2. The van der Waals surface area contributed by atoms with E-state index >= 15 is 0 Å². The largest absolute Gasteiger partial charge is 0.336 e. The number of hydrogen-bond donors (Lipinski definition) is 0. The van der Waals surface area contributed by atoms with Gasteiger partial charge in [-0.3, -0.25) is 14.5 Å². The van der Waals surface area contributed by atoms with Gasteiger partial charge >= 0.3 is 0 Å². The number of anilines is 1. The third-order valence-electron chi connectivity index (χ3n) is 5.73. The quantitative estimate of drug-likeness (QED) is 0.796. The summed E-state index contributed by atoms with van der Waals surface area (Å²) < 4.78 is 13.7. The average molecular weight is 387 g/mol. The third kappa shape index (κ3) is 3.15. The van der Waals surface area contributed by atoms with Crippen LogP contribution in [-0.2, 0) is 4.79 Å². The van der Waals surface area contributed by atoms with Crippen molar-refractivity contribution in [2.45, 2.75) is 18.9 Å². The van der Waals surface area contributed by atoms with Gasteiger partial charge in [0.1, 0.15) is 5.82 Å². The Kier molecular flexibility index (Phi) is 4.52. The Morgan fingerprint density at radius 2 is 2.07 bits per heavy atom. The van der Waals surface area contributed by atoms with E-state index in [9.17, 15) is 14.0 Å². The van der Waals surface area contributed by atoms with Crippen molar-refractivity contribution in [1.82, 2.24) is 9.80 Å². The molecule has 2 aliphatic heterocycles. The highest BCUT2D eigenvalue weighted by Gasteiger charge is 2.49. The molecule has 1 aromatic carbocycles. The van der Waals surface area contributed by atoms with Gasteiger partial charge in [-0.25, -0.2) is 4.39 Å². The van der Waals surface area contributed by atoms with Crippen LogP contribution in [0.1, 0.15) is 21.7 Å². The molecule has 0 N–H and O–H groups in total. The fourth-order valence-corrected chi connectivity index (χ4v) is 4.94. The Hall–Kier alpha value is -2.25. The molecule has 2 amide bonds. The molecular formula is C20H22FN3O2S. The molecule has 142 valence electrons. The predicted octanol–water partition coefficient (Wildman–Crippen LogP) is 2.76. The summed E-state index contributed by atoms with van der Waals surface area (Å²) in [5, 5.41) is 1.94. The number of rotatable bonds is 2. The Balaban J connectivity index is 1.58. The highest BCUT2D eigenvalue weighted by atomic mass is 32.1. The summed E-state index contributed by atoms with van der Waals surface area (Å²) in [6.45, 7) is 3.90. The van der Waals surface area contributed by atoms with Crippen LogP contribution in [0.5, 0.6) is 0 Å². The van der Waals surface area contributed by atoms with Crippen molar-refractivity contribution < 1.29 is 14.0 Å². The van der Waals surface area contributed by atoms with Crippen molar-refractivity contribution in [3.8, 4) is 0 Å². The smallest absolute Gasteiger partial charge is 0.264 e. The number of nitrogens with zero attached hydrogens (tertiary/aromatic N) is 3. The standard InChI is InChI=1S/C20H22FN3O2S/c1-14-6-9-27-18(14)19(26)23-8-7-20(12-23)13-24(17(25)11-22(20)2)16-5-3-4-15(21)10-16/h3-6,9-10H,7-8,11-13H2,1-2H3/t20-/m1/s1. The van der Waals surface area contributed by atoms with Gasteiger partial charge in [-0.15, -0.1) is 11.3 Å². The lowest BCUT2D eigenvalue weighted by Crippen LogP contribution is -2.64. The average Bonchev–Trinajstić information content (AvgIpc) is 3.25. The summed E-state index contributed by atoms with van der Waals surface area (Å²) in [6.07, 6.45) is 0.790. The number of halogens is 1. The van der Waals surface area contributed by atoms with Crippen molar-refractivity contribution in [3.63, 3.8) is 0 Å². The summed E-state index contributed by atoms with van der Waals surface area (Å²) in [7, 11) is 1.94. The zero-order valence-corrected chi connectivity index (χ0v) is 16.3. The van der Waals surface area contributed by atoms with Crippen LogP contribution in [0.2, 0.25) is 0 Å². The van der Waals surface area contributed by atoms with Crippen molar-refractivity contribution in [3.05, 3.63) is 52.0 Å². The molecular weight excluding hydrogens is 365 g/mol. The van der Waals surface area contributed by atoms with Gasteiger partial charge < -0.3 is 9.80 Å². The molecule has 1 atom stereocenters. The number of likely N-dealkylation sites (tertiary alicyclic amines) is 1. The van der Waals surface area contributed by atoms with Gasteiger partial charge in [-0.1, -0.05) is 6.07 Å². The molecule has 0 radical (unpaired) electrons. The lowest BCUT2D eigenvalue weighted by atomic mass is 9.92. The van der Waals surface area contributed by atoms with E-state index in [-0.39, 0.29) is 29.7 Å². The molecule has 1 aromatic heterocycles. The van der Waals surface area contributed by atoms with Gasteiger partial charge in [-0.2, -0.15) is 0 Å².